The van der Waals surface area contributed by atoms with Crippen LogP contribution in [0.15, 0.2) is 18.2 Å². The molecule has 1 aromatic carbocycles. The Hall–Kier alpha value is -1.06. The SMILES string of the molecule is CCC(CO)CNCCc1ccc(OC)c(C)c1. The van der Waals surface area contributed by atoms with Crippen LogP contribution in [-0.2, 0) is 6.42 Å². The Morgan fingerprint density at radius 2 is 2.17 bits per heavy atom. The van der Waals surface area contributed by atoms with Crippen molar-refractivity contribution in [1.29, 1.82) is 0 Å². The van der Waals surface area contributed by atoms with Crippen molar-refractivity contribution in [1.82, 2.24) is 5.32 Å². The fourth-order valence-corrected chi connectivity index (χ4v) is 1.97. The van der Waals surface area contributed by atoms with Crippen molar-refractivity contribution in [2.75, 3.05) is 26.8 Å². The van der Waals surface area contributed by atoms with Gasteiger partial charge >= 0.3 is 0 Å². The van der Waals surface area contributed by atoms with Gasteiger partial charge < -0.3 is 15.2 Å². The Morgan fingerprint density at radius 3 is 2.72 bits per heavy atom. The second-order valence-electron chi connectivity index (χ2n) is 4.71. The van der Waals surface area contributed by atoms with Crippen molar-refractivity contribution in [2.24, 2.45) is 5.92 Å². The number of nitrogens with one attached hydrogen (secondary N) is 1. The Kier molecular flexibility index (Phi) is 6.76. The minimum absolute atomic E-state index is 0.269. The van der Waals surface area contributed by atoms with Crippen LogP contribution in [-0.4, -0.2) is 31.9 Å². The fourth-order valence-electron chi connectivity index (χ4n) is 1.97. The first-order valence-corrected chi connectivity index (χ1v) is 6.66. The van der Waals surface area contributed by atoms with E-state index in [1.165, 1.54) is 11.1 Å². The maximum atomic E-state index is 9.08. The first-order chi connectivity index (χ1) is 8.71. The number of methoxy groups -OCH3 is 1. The van der Waals surface area contributed by atoms with E-state index in [-0.39, 0.29) is 6.61 Å². The molecule has 0 aliphatic rings. The fraction of sp³-hybridized carbons (Fsp3) is 0.600. The molecule has 0 fully saturated rings. The normalized spacial score (nSPS) is 12.4. The third-order valence-corrected chi connectivity index (χ3v) is 3.32. The molecule has 1 aromatic rings. The third-order valence-electron chi connectivity index (χ3n) is 3.32. The molecule has 102 valence electrons. The summed E-state index contributed by atoms with van der Waals surface area (Å²) in [4.78, 5) is 0. The average molecular weight is 251 g/mol. The molecule has 2 N–H and O–H groups in total. The summed E-state index contributed by atoms with van der Waals surface area (Å²) < 4.78 is 5.24. The lowest BCUT2D eigenvalue weighted by Crippen LogP contribution is -2.26. The molecule has 0 bridgehead atoms. The van der Waals surface area contributed by atoms with Gasteiger partial charge in [0, 0.05) is 13.2 Å². The van der Waals surface area contributed by atoms with Gasteiger partial charge in [0.2, 0.25) is 0 Å². The van der Waals surface area contributed by atoms with Gasteiger partial charge in [0.1, 0.15) is 5.75 Å². The van der Waals surface area contributed by atoms with Gasteiger partial charge in [-0.25, -0.2) is 0 Å². The van der Waals surface area contributed by atoms with E-state index in [1.807, 2.05) is 6.07 Å². The smallest absolute Gasteiger partial charge is 0.121 e. The van der Waals surface area contributed by atoms with Crippen molar-refractivity contribution < 1.29 is 9.84 Å². The zero-order valence-corrected chi connectivity index (χ0v) is 11.7. The summed E-state index contributed by atoms with van der Waals surface area (Å²) in [5.41, 5.74) is 2.50. The molecule has 0 aliphatic heterocycles. The summed E-state index contributed by atoms with van der Waals surface area (Å²) in [6.07, 6.45) is 2.03. The summed E-state index contributed by atoms with van der Waals surface area (Å²) in [5.74, 6) is 1.32. The van der Waals surface area contributed by atoms with Gasteiger partial charge in [-0.2, -0.15) is 0 Å². The predicted octanol–water partition coefficient (Wildman–Crippen LogP) is 2.15. The summed E-state index contributed by atoms with van der Waals surface area (Å²) in [7, 11) is 1.70. The molecule has 0 heterocycles. The molecule has 3 heteroatoms. The van der Waals surface area contributed by atoms with E-state index in [0.29, 0.717) is 5.92 Å². The topological polar surface area (TPSA) is 41.5 Å². The molecule has 0 radical (unpaired) electrons. The molecule has 0 aromatic heterocycles. The molecule has 0 saturated carbocycles. The van der Waals surface area contributed by atoms with Crippen LogP contribution in [0.5, 0.6) is 5.75 Å². The molecule has 1 unspecified atom stereocenters. The second kappa shape index (κ2) is 8.11. The van der Waals surface area contributed by atoms with E-state index in [4.69, 9.17) is 9.84 Å². The summed E-state index contributed by atoms with van der Waals surface area (Å²) in [6.45, 7) is 6.28. The Labute approximate surface area is 110 Å². The average Bonchev–Trinajstić information content (AvgIpc) is 2.39. The standard InChI is InChI=1S/C15H25NO2/c1-4-13(11-17)10-16-8-7-14-5-6-15(18-3)12(2)9-14/h5-6,9,13,16-17H,4,7-8,10-11H2,1-3H3. The largest absolute Gasteiger partial charge is 0.496 e. The predicted molar refractivity (Wildman–Crippen MR) is 75.2 cm³/mol. The van der Waals surface area contributed by atoms with E-state index in [0.717, 1.165) is 31.7 Å². The summed E-state index contributed by atoms with van der Waals surface area (Å²) >= 11 is 0. The highest BCUT2D eigenvalue weighted by atomic mass is 16.5. The number of ether oxygens (including phenoxy) is 1. The number of rotatable bonds is 8. The second-order valence-corrected chi connectivity index (χ2v) is 4.71. The van der Waals surface area contributed by atoms with Crippen LogP contribution >= 0.6 is 0 Å². The monoisotopic (exact) mass is 251 g/mol. The summed E-state index contributed by atoms with van der Waals surface area (Å²) in [5, 5.41) is 12.5. The lowest BCUT2D eigenvalue weighted by molar-refractivity contribution is 0.219. The van der Waals surface area contributed by atoms with E-state index in [2.05, 4.69) is 31.3 Å². The lowest BCUT2D eigenvalue weighted by atomic mass is 10.1. The zero-order chi connectivity index (χ0) is 13.4. The number of hydrogen-bond donors (Lipinski definition) is 2. The number of aliphatic hydroxyl groups excluding tert-OH is 1. The van der Waals surface area contributed by atoms with Crippen molar-refractivity contribution in [3.05, 3.63) is 29.3 Å². The van der Waals surface area contributed by atoms with Gasteiger partial charge in [0.05, 0.1) is 7.11 Å². The minimum atomic E-state index is 0.269. The minimum Gasteiger partial charge on any atom is -0.496 e. The van der Waals surface area contributed by atoms with Crippen LogP contribution < -0.4 is 10.1 Å². The van der Waals surface area contributed by atoms with Crippen LogP contribution in [0.3, 0.4) is 0 Å². The van der Waals surface area contributed by atoms with E-state index in [1.54, 1.807) is 7.11 Å². The van der Waals surface area contributed by atoms with Crippen molar-refractivity contribution in [3.8, 4) is 5.75 Å². The molecule has 1 rings (SSSR count). The third kappa shape index (κ3) is 4.67. The number of aryl methyl sites for hydroxylation is 1. The van der Waals surface area contributed by atoms with Gasteiger partial charge in [-0.3, -0.25) is 0 Å². The number of hydrogen-bond acceptors (Lipinski definition) is 3. The molecular formula is C15H25NO2. The maximum Gasteiger partial charge on any atom is 0.121 e. The molecular weight excluding hydrogens is 226 g/mol. The van der Waals surface area contributed by atoms with Gasteiger partial charge in [-0.15, -0.1) is 0 Å². The van der Waals surface area contributed by atoms with Crippen LogP contribution in [0.2, 0.25) is 0 Å². The van der Waals surface area contributed by atoms with Crippen molar-refractivity contribution >= 4 is 0 Å². The highest BCUT2D eigenvalue weighted by Gasteiger charge is 2.04. The van der Waals surface area contributed by atoms with Crippen LogP contribution in [0.4, 0.5) is 0 Å². The van der Waals surface area contributed by atoms with Crippen molar-refractivity contribution in [3.63, 3.8) is 0 Å². The Morgan fingerprint density at radius 1 is 1.39 bits per heavy atom. The van der Waals surface area contributed by atoms with Crippen molar-refractivity contribution in [2.45, 2.75) is 26.7 Å². The van der Waals surface area contributed by atoms with Gasteiger partial charge in [-0.05, 0) is 49.4 Å². The highest BCUT2D eigenvalue weighted by molar-refractivity contribution is 5.36. The quantitative estimate of drug-likeness (QED) is 0.696. The zero-order valence-electron chi connectivity index (χ0n) is 11.7. The number of benzene rings is 1. The lowest BCUT2D eigenvalue weighted by Gasteiger charge is -2.13. The summed E-state index contributed by atoms with van der Waals surface area (Å²) in [6, 6.07) is 6.30. The van der Waals surface area contributed by atoms with Crippen LogP contribution in [0.25, 0.3) is 0 Å². The first kappa shape index (κ1) is 15.0. The molecule has 3 nitrogen and oxygen atoms in total. The van der Waals surface area contributed by atoms with Gasteiger partial charge in [0.25, 0.3) is 0 Å². The van der Waals surface area contributed by atoms with Crippen LogP contribution in [0, 0.1) is 12.8 Å². The Bertz CT molecular complexity index is 348. The maximum absolute atomic E-state index is 9.08. The number of aliphatic hydroxyl groups is 1. The molecule has 0 amide bonds. The Balaban J connectivity index is 2.33. The van der Waals surface area contributed by atoms with Gasteiger partial charge in [-0.1, -0.05) is 19.1 Å². The van der Waals surface area contributed by atoms with Crippen LogP contribution in [0.1, 0.15) is 24.5 Å². The first-order valence-electron chi connectivity index (χ1n) is 6.66. The van der Waals surface area contributed by atoms with E-state index >= 15 is 0 Å². The molecule has 0 saturated heterocycles. The van der Waals surface area contributed by atoms with E-state index < -0.39 is 0 Å². The molecule has 18 heavy (non-hydrogen) atoms. The van der Waals surface area contributed by atoms with Gasteiger partial charge in [0.15, 0.2) is 0 Å². The highest BCUT2D eigenvalue weighted by Crippen LogP contribution is 2.18. The molecule has 0 aliphatic carbocycles. The molecule has 1 atom stereocenters. The molecule has 0 spiro atoms. The van der Waals surface area contributed by atoms with E-state index in [9.17, 15) is 0 Å².